The molecule has 0 saturated heterocycles. The van der Waals surface area contributed by atoms with Gasteiger partial charge in [-0.2, -0.15) is 0 Å². The summed E-state index contributed by atoms with van der Waals surface area (Å²) in [5.74, 6) is 0.00143. The lowest BCUT2D eigenvalue weighted by Gasteiger charge is -2.27. The lowest BCUT2D eigenvalue weighted by molar-refractivity contribution is 0.266. The van der Waals surface area contributed by atoms with Crippen LogP contribution >= 0.6 is 23.2 Å². The average Bonchev–Trinajstić information content (AvgIpc) is 2.70. The lowest BCUT2D eigenvalue weighted by atomic mass is 9.88. The van der Waals surface area contributed by atoms with Gasteiger partial charge in [0.15, 0.2) is 0 Å². The Balaban J connectivity index is 1.88. The summed E-state index contributed by atoms with van der Waals surface area (Å²) in [6.07, 6.45) is 5.38. The van der Waals surface area contributed by atoms with Crippen molar-refractivity contribution >= 4 is 34.6 Å². The number of hydrogen-bond acceptors (Lipinski definition) is 3. The van der Waals surface area contributed by atoms with Crippen molar-refractivity contribution in [3.63, 3.8) is 0 Å². The summed E-state index contributed by atoms with van der Waals surface area (Å²) in [4.78, 5) is 0. The topological polar surface area (TPSA) is 44.3 Å². The van der Waals surface area contributed by atoms with Crippen LogP contribution in [-0.2, 0) is 6.42 Å². The maximum absolute atomic E-state index is 14.8. The number of allylic oxidation sites excluding steroid dienone is 2. The number of rotatable bonds is 10. The molecule has 1 aliphatic carbocycles. The van der Waals surface area contributed by atoms with Crippen molar-refractivity contribution in [2.75, 3.05) is 11.9 Å². The van der Waals surface area contributed by atoms with Crippen LogP contribution < -0.4 is 10.6 Å². The van der Waals surface area contributed by atoms with Gasteiger partial charge in [-0.25, -0.2) is 4.39 Å². The predicted octanol–water partition coefficient (Wildman–Crippen LogP) is 7.73. The molecular formula is C26H33Cl2FN2O. The SMILES string of the molecule is CC[C@@H](CCO)NC(Cc1cc(Nc2c(Cl)cc(Cl)cc2C(C)C)ccc1F)=C1CCC1. The maximum Gasteiger partial charge on any atom is 0.126 e. The van der Waals surface area contributed by atoms with Gasteiger partial charge in [0.1, 0.15) is 5.82 Å². The molecule has 0 radical (unpaired) electrons. The van der Waals surface area contributed by atoms with Crippen molar-refractivity contribution < 1.29 is 9.50 Å². The van der Waals surface area contributed by atoms with Gasteiger partial charge in [0.2, 0.25) is 0 Å². The minimum atomic E-state index is -0.226. The quantitative estimate of drug-likeness (QED) is 0.327. The van der Waals surface area contributed by atoms with Gasteiger partial charge < -0.3 is 15.7 Å². The smallest absolute Gasteiger partial charge is 0.126 e. The van der Waals surface area contributed by atoms with Gasteiger partial charge in [0, 0.05) is 35.5 Å². The third-order valence-corrected chi connectivity index (χ3v) is 6.64. The molecule has 0 aromatic heterocycles. The van der Waals surface area contributed by atoms with E-state index in [-0.39, 0.29) is 24.4 Å². The molecule has 32 heavy (non-hydrogen) atoms. The monoisotopic (exact) mass is 478 g/mol. The highest BCUT2D eigenvalue weighted by molar-refractivity contribution is 6.36. The Kier molecular flexibility index (Phi) is 8.87. The predicted molar refractivity (Wildman–Crippen MR) is 134 cm³/mol. The Labute approximate surface area is 201 Å². The first-order chi connectivity index (χ1) is 15.3. The normalized spacial score (nSPS) is 14.3. The Bertz CT molecular complexity index is 969. The van der Waals surface area contributed by atoms with E-state index in [2.05, 4.69) is 31.4 Å². The van der Waals surface area contributed by atoms with Gasteiger partial charge in [0.25, 0.3) is 0 Å². The highest BCUT2D eigenvalue weighted by Gasteiger charge is 2.19. The minimum Gasteiger partial charge on any atom is -0.396 e. The first-order valence-electron chi connectivity index (χ1n) is 11.4. The molecule has 1 aliphatic rings. The van der Waals surface area contributed by atoms with Crippen LogP contribution in [0.2, 0.25) is 10.0 Å². The fourth-order valence-corrected chi connectivity index (χ4v) is 4.57. The van der Waals surface area contributed by atoms with Crippen LogP contribution in [0.4, 0.5) is 15.8 Å². The standard InChI is InChI=1S/C26H33Cl2FN2O/c1-4-20(10-11-32)30-25(17-6-5-7-17)13-18-12-21(8-9-24(18)29)31-26-22(16(2)3)14-19(27)15-23(26)28/h8-9,12,14-16,20,30-32H,4-7,10-11,13H2,1-3H3/t20-/m0/s1. The second-order valence-electron chi connectivity index (χ2n) is 8.81. The van der Waals surface area contributed by atoms with E-state index in [9.17, 15) is 9.50 Å². The molecule has 174 valence electrons. The van der Waals surface area contributed by atoms with Gasteiger partial charge in [-0.05, 0) is 79.5 Å². The molecule has 3 N–H and O–H groups in total. The van der Waals surface area contributed by atoms with Crippen molar-refractivity contribution in [3.05, 3.63) is 68.6 Å². The highest BCUT2D eigenvalue weighted by Crippen LogP contribution is 2.37. The first kappa shape index (κ1) is 24.9. The zero-order valence-electron chi connectivity index (χ0n) is 19.1. The zero-order valence-corrected chi connectivity index (χ0v) is 20.6. The summed E-state index contributed by atoms with van der Waals surface area (Å²) in [7, 11) is 0. The third kappa shape index (κ3) is 6.18. The Hall–Kier alpha value is -1.75. The number of aliphatic hydroxyl groups excluding tert-OH is 1. The van der Waals surface area contributed by atoms with E-state index in [4.69, 9.17) is 23.2 Å². The summed E-state index contributed by atoms with van der Waals surface area (Å²) in [5, 5.41) is 17.5. The average molecular weight is 479 g/mol. The molecule has 0 spiro atoms. The molecular weight excluding hydrogens is 446 g/mol. The fourth-order valence-electron chi connectivity index (χ4n) is 4.02. The number of aliphatic hydroxyl groups is 1. The fraction of sp³-hybridized carbons (Fsp3) is 0.462. The molecule has 1 saturated carbocycles. The first-order valence-corrected chi connectivity index (χ1v) is 12.2. The number of anilines is 2. The highest BCUT2D eigenvalue weighted by atomic mass is 35.5. The molecule has 1 fully saturated rings. The van der Waals surface area contributed by atoms with E-state index in [0.29, 0.717) is 28.5 Å². The Morgan fingerprint density at radius 3 is 2.50 bits per heavy atom. The molecule has 0 bridgehead atoms. The number of halogens is 3. The van der Waals surface area contributed by atoms with Crippen molar-refractivity contribution in [1.29, 1.82) is 0 Å². The summed E-state index contributed by atoms with van der Waals surface area (Å²) >= 11 is 12.7. The van der Waals surface area contributed by atoms with Crippen molar-refractivity contribution in [2.24, 2.45) is 0 Å². The summed E-state index contributed by atoms with van der Waals surface area (Å²) in [6.45, 7) is 6.41. The van der Waals surface area contributed by atoms with E-state index >= 15 is 0 Å². The second-order valence-corrected chi connectivity index (χ2v) is 9.66. The molecule has 2 aromatic carbocycles. The van der Waals surface area contributed by atoms with Crippen LogP contribution in [0.25, 0.3) is 0 Å². The number of hydrogen-bond donors (Lipinski definition) is 3. The molecule has 0 amide bonds. The van der Waals surface area contributed by atoms with Gasteiger partial charge in [-0.1, -0.05) is 49.5 Å². The zero-order chi connectivity index (χ0) is 23.3. The number of benzene rings is 2. The summed E-state index contributed by atoms with van der Waals surface area (Å²) in [6, 6.07) is 8.92. The van der Waals surface area contributed by atoms with Gasteiger partial charge >= 0.3 is 0 Å². The van der Waals surface area contributed by atoms with E-state index in [1.807, 2.05) is 12.1 Å². The van der Waals surface area contributed by atoms with Crippen LogP contribution in [0.15, 0.2) is 41.6 Å². The summed E-state index contributed by atoms with van der Waals surface area (Å²) < 4.78 is 14.8. The van der Waals surface area contributed by atoms with E-state index in [1.165, 1.54) is 18.1 Å². The lowest BCUT2D eigenvalue weighted by Crippen LogP contribution is -2.31. The Morgan fingerprint density at radius 2 is 1.91 bits per heavy atom. The van der Waals surface area contributed by atoms with Crippen LogP contribution in [-0.4, -0.2) is 17.8 Å². The van der Waals surface area contributed by atoms with Crippen molar-refractivity contribution in [3.8, 4) is 0 Å². The van der Waals surface area contributed by atoms with E-state index in [1.54, 1.807) is 12.1 Å². The van der Waals surface area contributed by atoms with Crippen LogP contribution in [0, 0.1) is 5.82 Å². The van der Waals surface area contributed by atoms with Crippen LogP contribution in [0.5, 0.6) is 0 Å². The van der Waals surface area contributed by atoms with Crippen molar-refractivity contribution in [2.45, 2.75) is 71.3 Å². The largest absolute Gasteiger partial charge is 0.396 e. The second kappa shape index (κ2) is 11.4. The molecule has 3 nitrogen and oxygen atoms in total. The minimum absolute atomic E-state index is 0.141. The van der Waals surface area contributed by atoms with Gasteiger partial charge in [-0.3, -0.25) is 0 Å². The molecule has 6 heteroatoms. The molecule has 0 unspecified atom stereocenters. The molecule has 2 aromatic rings. The van der Waals surface area contributed by atoms with Crippen LogP contribution in [0.3, 0.4) is 0 Å². The Morgan fingerprint density at radius 1 is 1.16 bits per heavy atom. The third-order valence-electron chi connectivity index (χ3n) is 6.12. The molecule has 1 atom stereocenters. The summed E-state index contributed by atoms with van der Waals surface area (Å²) in [5.41, 5.74) is 5.69. The van der Waals surface area contributed by atoms with Crippen molar-refractivity contribution in [1.82, 2.24) is 5.32 Å². The van der Waals surface area contributed by atoms with Crippen LogP contribution in [0.1, 0.15) is 69.9 Å². The van der Waals surface area contributed by atoms with Gasteiger partial charge in [0.05, 0.1) is 10.7 Å². The molecule has 0 aliphatic heterocycles. The number of nitrogens with one attached hydrogen (secondary N) is 2. The van der Waals surface area contributed by atoms with E-state index < -0.39 is 0 Å². The maximum atomic E-state index is 14.8. The van der Waals surface area contributed by atoms with E-state index in [0.717, 1.165) is 41.9 Å². The molecule has 3 rings (SSSR count). The van der Waals surface area contributed by atoms with Gasteiger partial charge in [-0.15, -0.1) is 0 Å². The molecule has 0 heterocycles.